The molecule has 0 aliphatic rings. The molecule has 25 heavy (non-hydrogen) atoms. The molecule has 6 heteroatoms. The number of ether oxygens (including phenoxy) is 1. The Balaban J connectivity index is 2.26. The monoisotopic (exact) mass is 341 g/mol. The summed E-state index contributed by atoms with van der Waals surface area (Å²) in [5.74, 6) is 0.313. The number of hydrogen-bond acceptors (Lipinski definition) is 4. The Labute approximate surface area is 147 Å². The van der Waals surface area contributed by atoms with Crippen molar-refractivity contribution in [3.8, 4) is 5.75 Å². The van der Waals surface area contributed by atoms with Crippen LogP contribution in [0.2, 0.25) is 0 Å². The van der Waals surface area contributed by atoms with Crippen LogP contribution in [0.1, 0.15) is 30.1 Å². The van der Waals surface area contributed by atoms with Gasteiger partial charge in [0.1, 0.15) is 11.8 Å². The Kier molecular flexibility index (Phi) is 6.54. The molecule has 0 spiro atoms. The SMILES string of the molecule is CNC(=O)NC(=O)[C@@H](N[C@@H](C)c1ccccc1OC)c1ccccc1. The van der Waals surface area contributed by atoms with Crippen LogP contribution in [-0.2, 0) is 4.79 Å². The summed E-state index contributed by atoms with van der Waals surface area (Å²) in [5, 5.41) is 8.00. The number of benzene rings is 2. The summed E-state index contributed by atoms with van der Waals surface area (Å²) in [6, 6.07) is 15.5. The predicted octanol–water partition coefficient (Wildman–Crippen LogP) is 2.54. The zero-order chi connectivity index (χ0) is 18.2. The number of para-hydroxylation sites is 1. The smallest absolute Gasteiger partial charge is 0.321 e. The molecule has 2 rings (SSSR count). The third-order valence-electron chi connectivity index (χ3n) is 3.88. The van der Waals surface area contributed by atoms with Crippen LogP contribution in [0.4, 0.5) is 4.79 Å². The van der Waals surface area contributed by atoms with Crippen molar-refractivity contribution >= 4 is 11.9 Å². The average molecular weight is 341 g/mol. The van der Waals surface area contributed by atoms with E-state index >= 15 is 0 Å². The molecule has 132 valence electrons. The number of nitrogens with one attached hydrogen (secondary N) is 3. The third-order valence-corrected chi connectivity index (χ3v) is 3.88. The van der Waals surface area contributed by atoms with E-state index in [9.17, 15) is 9.59 Å². The molecule has 2 atom stereocenters. The van der Waals surface area contributed by atoms with E-state index in [1.165, 1.54) is 7.05 Å². The van der Waals surface area contributed by atoms with Gasteiger partial charge in [0.05, 0.1) is 7.11 Å². The lowest BCUT2D eigenvalue weighted by Gasteiger charge is -2.24. The van der Waals surface area contributed by atoms with E-state index in [1.54, 1.807) is 7.11 Å². The van der Waals surface area contributed by atoms with Crippen molar-refractivity contribution in [3.63, 3.8) is 0 Å². The van der Waals surface area contributed by atoms with Gasteiger partial charge in [-0.15, -0.1) is 0 Å². The maximum absolute atomic E-state index is 12.6. The summed E-state index contributed by atoms with van der Waals surface area (Å²) in [6.45, 7) is 1.95. The molecule has 0 aliphatic heterocycles. The van der Waals surface area contributed by atoms with Crippen LogP contribution in [0.25, 0.3) is 0 Å². The lowest BCUT2D eigenvalue weighted by Crippen LogP contribution is -2.44. The Hall–Kier alpha value is -2.86. The number of carbonyl (C=O) groups excluding carboxylic acids is 2. The number of methoxy groups -OCH3 is 1. The van der Waals surface area contributed by atoms with Gasteiger partial charge < -0.3 is 10.1 Å². The van der Waals surface area contributed by atoms with Crippen molar-refractivity contribution in [1.29, 1.82) is 0 Å². The van der Waals surface area contributed by atoms with Gasteiger partial charge in [0.25, 0.3) is 0 Å². The molecule has 6 nitrogen and oxygen atoms in total. The number of carbonyl (C=O) groups is 2. The molecule has 0 saturated heterocycles. The van der Waals surface area contributed by atoms with Gasteiger partial charge in [-0.25, -0.2) is 4.79 Å². The summed E-state index contributed by atoms with van der Waals surface area (Å²) in [5.41, 5.74) is 1.70. The fourth-order valence-electron chi connectivity index (χ4n) is 2.58. The number of urea groups is 1. The molecule has 0 fully saturated rings. The second kappa shape index (κ2) is 8.84. The molecule has 0 aromatic heterocycles. The van der Waals surface area contributed by atoms with Crippen LogP contribution in [0.3, 0.4) is 0 Å². The molecule has 0 heterocycles. The van der Waals surface area contributed by atoms with E-state index in [2.05, 4.69) is 16.0 Å². The molecule has 2 aromatic rings. The standard InChI is InChI=1S/C19H23N3O3/c1-13(15-11-7-8-12-16(15)25-3)21-17(14-9-5-4-6-10-14)18(23)22-19(24)20-2/h4-13,17,21H,1-3H3,(H2,20,22,23,24)/t13-,17-/m0/s1. The van der Waals surface area contributed by atoms with Gasteiger partial charge in [0.15, 0.2) is 0 Å². The van der Waals surface area contributed by atoms with Crippen molar-refractivity contribution in [1.82, 2.24) is 16.0 Å². The van der Waals surface area contributed by atoms with Crippen LogP contribution in [0.5, 0.6) is 5.75 Å². The molecule has 0 aliphatic carbocycles. The van der Waals surface area contributed by atoms with Gasteiger partial charge in [-0.05, 0) is 18.6 Å². The van der Waals surface area contributed by atoms with E-state index < -0.39 is 18.0 Å². The second-order valence-electron chi connectivity index (χ2n) is 5.54. The first-order valence-corrected chi connectivity index (χ1v) is 8.03. The van der Waals surface area contributed by atoms with E-state index in [0.29, 0.717) is 0 Å². The van der Waals surface area contributed by atoms with Gasteiger partial charge in [-0.2, -0.15) is 0 Å². The normalized spacial score (nSPS) is 12.8. The molecule has 3 amide bonds. The van der Waals surface area contributed by atoms with Gasteiger partial charge in [-0.1, -0.05) is 48.5 Å². The minimum Gasteiger partial charge on any atom is -0.496 e. The Bertz CT molecular complexity index is 719. The van der Waals surface area contributed by atoms with Crippen molar-refractivity contribution in [3.05, 3.63) is 65.7 Å². The van der Waals surface area contributed by atoms with Crippen molar-refractivity contribution in [2.75, 3.05) is 14.2 Å². The van der Waals surface area contributed by atoms with E-state index in [-0.39, 0.29) is 6.04 Å². The Morgan fingerprint density at radius 2 is 1.64 bits per heavy atom. The molecular weight excluding hydrogens is 318 g/mol. The molecule has 0 saturated carbocycles. The van der Waals surface area contributed by atoms with Gasteiger partial charge >= 0.3 is 6.03 Å². The zero-order valence-corrected chi connectivity index (χ0v) is 14.6. The lowest BCUT2D eigenvalue weighted by molar-refractivity contribution is -0.122. The quantitative estimate of drug-likeness (QED) is 0.754. The first-order valence-electron chi connectivity index (χ1n) is 8.03. The van der Waals surface area contributed by atoms with E-state index in [1.807, 2.05) is 61.5 Å². The summed E-state index contributed by atoms with van der Waals surface area (Å²) >= 11 is 0. The van der Waals surface area contributed by atoms with Gasteiger partial charge in [0.2, 0.25) is 5.91 Å². The van der Waals surface area contributed by atoms with Crippen LogP contribution >= 0.6 is 0 Å². The van der Waals surface area contributed by atoms with E-state index in [0.717, 1.165) is 16.9 Å². The Morgan fingerprint density at radius 3 is 2.28 bits per heavy atom. The number of hydrogen-bond donors (Lipinski definition) is 3. The molecular formula is C19H23N3O3. The minimum absolute atomic E-state index is 0.170. The van der Waals surface area contributed by atoms with Crippen molar-refractivity contribution in [2.24, 2.45) is 0 Å². The summed E-state index contributed by atoms with van der Waals surface area (Å²) in [4.78, 5) is 24.1. The number of rotatable bonds is 6. The molecule has 3 N–H and O–H groups in total. The van der Waals surface area contributed by atoms with Crippen LogP contribution < -0.4 is 20.7 Å². The highest BCUT2D eigenvalue weighted by Gasteiger charge is 2.25. The van der Waals surface area contributed by atoms with Gasteiger partial charge in [-0.3, -0.25) is 15.4 Å². The van der Waals surface area contributed by atoms with Crippen molar-refractivity contribution in [2.45, 2.75) is 19.0 Å². The summed E-state index contributed by atoms with van der Waals surface area (Å²) in [7, 11) is 3.07. The third kappa shape index (κ3) is 4.81. The van der Waals surface area contributed by atoms with Crippen LogP contribution in [0.15, 0.2) is 54.6 Å². The number of imide groups is 1. The highest BCUT2D eigenvalue weighted by Crippen LogP contribution is 2.27. The molecule has 0 unspecified atom stereocenters. The van der Waals surface area contributed by atoms with E-state index in [4.69, 9.17) is 4.74 Å². The van der Waals surface area contributed by atoms with Gasteiger partial charge in [0, 0.05) is 18.7 Å². The molecule has 0 bridgehead atoms. The summed E-state index contributed by atoms with van der Waals surface area (Å²) < 4.78 is 5.39. The fraction of sp³-hybridized carbons (Fsp3) is 0.263. The zero-order valence-electron chi connectivity index (χ0n) is 14.6. The maximum Gasteiger partial charge on any atom is 0.321 e. The van der Waals surface area contributed by atoms with Crippen LogP contribution in [-0.4, -0.2) is 26.1 Å². The molecule has 0 radical (unpaired) electrons. The first-order chi connectivity index (χ1) is 12.1. The Morgan fingerprint density at radius 1 is 1.00 bits per heavy atom. The maximum atomic E-state index is 12.6. The minimum atomic E-state index is -0.682. The largest absolute Gasteiger partial charge is 0.496 e. The second-order valence-corrected chi connectivity index (χ2v) is 5.54. The number of amides is 3. The topological polar surface area (TPSA) is 79.5 Å². The predicted molar refractivity (Wildman–Crippen MR) is 96.3 cm³/mol. The fourth-order valence-corrected chi connectivity index (χ4v) is 2.58. The average Bonchev–Trinajstić information content (AvgIpc) is 2.66. The lowest BCUT2D eigenvalue weighted by atomic mass is 10.0. The van der Waals surface area contributed by atoms with Crippen molar-refractivity contribution < 1.29 is 14.3 Å². The first kappa shape index (κ1) is 18.5. The highest BCUT2D eigenvalue weighted by atomic mass is 16.5. The summed E-state index contributed by atoms with van der Waals surface area (Å²) in [6.07, 6.45) is 0. The highest BCUT2D eigenvalue weighted by molar-refractivity contribution is 5.97. The molecule has 2 aromatic carbocycles. The van der Waals surface area contributed by atoms with Crippen LogP contribution in [0, 0.1) is 0 Å².